The quantitative estimate of drug-likeness (QED) is 0.384. The number of ether oxygens (including phenoxy) is 1. The van der Waals surface area contributed by atoms with Crippen molar-refractivity contribution in [3.8, 4) is 0 Å². The predicted octanol–water partition coefficient (Wildman–Crippen LogP) is 4.50. The van der Waals surface area contributed by atoms with Gasteiger partial charge in [0.2, 0.25) is 11.8 Å². The van der Waals surface area contributed by atoms with E-state index in [1.54, 1.807) is 32.6 Å². The SMILES string of the molecule is CC(C)(C)OC(=O)N[C@@](C)(Cc1c[nH]c2ccccc12)C(=O)N[C@@H]1CCCN2C(=O)N(Cc3ccccc3)C(=O)C[C@@H]12. The first-order valence-corrected chi connectivity index (χ1v) is 14.5. The summed E-state index contributed by atoms with van der Waals surface area (Å²) in [5.41, 5.74) is 0.540. The summed E-state index contributed by atoms with van der Waals surface area (Å²) in [4.78, 5) is 59.9. The van der Waals surface area contributed by atoms with Gasteiger partial charge in [0, 0.05) is 42.5 Å². The summed E-state index contributed by atoms with van der Waals surface area (Å²) < 4.78 is 5.51. The first-order valence-electron chi connectivity index (χ1n) is 14.5. The molecule has 5 rings (SSSR count). The Hall–Kier alpha value is -4.34. The van der Waals surface area contributed by atoms with E-state index in [1.165, 1.54) is 4.90 Å². The van der Waals surface area contributed by atoms with Crippen LogP contribution in [0.5, 0.6) is 0 Å². The van der Waals surface area contributed by atoms with Gasteiger partial charge in [-0.2, -0.15) is 0 Å². The molecule has 0 unspecified atom stereocenters. The van der Waals surface area contributed by atoms with Crippen molar-refractivity contribution in [3.63, 3.8) is 0 Å². The van der Waals surface area contributed by atoms with Crippen molar-refractivity contribution in [3.05, 3.63) is 71.9 Å². The third-order valence-electron chi connectivity index (χ3n) is 7.94. The van der Waals surface area contributed by atoms with Crippen molar-refractivity contribution in [2.24, 2.45) is 0 Å². The van der Waals surface area contributed by atoms with E-state index in [0.29, 0.717) is 19.4 Å². The second-order valence-electron chi connectivity index (χ2n) is 12.4. The lowest BCUT2D eigenvalue weighted by atomic mass is 9.88. The molecule has 3 heterocycles. The van der Waals surface area contributed by atoms with Crippen LogP contribution in [0.15, 0.2) is 60.8 Å². The number of piperidine rings is 1. The Morgan fingerprint density at radius 3 is 2.48 bits per heavy atom. The minimum Gasteiger partial charge on any atom is -0.444 e. The van der Waals surface area contributed by atoms with Crippen LogP contribution < -0.4 is 10.6 Å². The summed E-state index contributed by atoms with van der Waals surface area (Å²) in [5.74, 6) is -0.670. The highest BCUT2D eigenvalue weighted by atomic mass is 16.6. The number of carbonyl (C=O) groups is 4. The summed E-state index contributed by atoms with van der Waals surface area (Å²) in [6, 6.07) is 15.9. The van der Waals surface area contributed by atoms with E-state index in [4.69, 9.17) is 4.74 Å². The number of H-pyrrole nitrogens is 1. The van der Waals surface area contributed by atoms with Crippen LogP contribution in [0.4, 0.5) is 9.59 Å². The lowest BCUT2D eigenvalue weighted by Gasteiger charge is -2.47. The van der Waals surface area contributed by atoms with Crippen molar-refractivity contribution in [2.75, 3.05) is 6.54 Å². The number of urea groups is 1. The molecule has 3 atom stereocenters. The molecule has 2 aliphatic heterocycles. The molecule has 0 radical (unpaired) electrons. The van der Waals surface area contributed by atoms with Gasteiger partial charge in [-0.3, -0.25) is 14.5 Å². The van der Waals surface area contributed by atoms with E-state index < -0.39 is 35.2 Å². The molecule has 222 valence electrons. The molecular formula is C32H39N5O5. The smallest absolute Gasteiger partial charge is 0.408 e. The number of nitrogens with one attached hydrogen (secondary N) is 3. The average molecular weight is 574 g/mol. The Morgan fingerprint density at radius 2 is 1.74 bits per heavy atom. The number of alkyl carbamates (subject to hydrolysis) is 1. The lowest BCUT2D eigenvalue weighted by Crippen LogP contribution is -2.67. The fraction of sp³-hybridized carbons (Fsp3) is 0.438. The number of aromatic nitrogens is 1. The number of benzene rings is 2. The second kappa shape index (κ2) is 11.5. The fourth-order valence-corrected chi connectivity index (χ4v) is 5.88. The number of imide groups is 1. The number of fused-ring (bicyclic) bond motifs is 2. The summed E-state index contributed by atoms with van der Waals surface area (Å²) in [7, 11) is 0. The third-order valence-corrected chi connectivity index (χ3v) is 7.94. The molecule has 0 aliphatic carbocycles. The molecule has 2 saturated heterocycles. The number of aromatic amines is 1. The van der Waals surface area contributed by atoms with Gasteiger partial charge in [0.05, 0.1) is 12.6 Å². The number of amides is 5. The van der Waals surface area contributed by atoms with Gasteiger partial charge in [-0.15, -0.1) is 0 Å². The summed E-state index contributed by atoms with van der Waals surface area (Å²) in [5, 5.41) is 6.88. The van der Waals surface area contributed by atoms with Gasteiger partial charge in [-0.05, 0) is 57.7 Å². The first kappa shape index (κ1) is 29.2. The Bertz CT molecular complexity index is 1480. The molecule has 0 spiro atoms. The maximum absolute atomic E-state index is 14.0. The number of hydrogen-bond acceptors (Lipinski definition) is 5. The van der Waals surface area contributed by atoms with Crippen LogP contribution in [0.25, 0.3) is 10.9 Å². The molecule has 2 aliphatic rings. The van der Waals surface area contributed by atoms with Crippen molar-refractivity contribution >= 4 is 34.8 Å². The van der Waals surface area contributed by atoms with Crippen molar-refractivity contribution in [1.29, 1.82) is 0 Å². The Balaban J connectivity index is 1.36. The predicted molar refractivity (Wildman–Crippen MR) is 158 cm³/mol. The zero-order valence-corrected chi connectivity index (χ0v) is 24.6. The molecule has 10 heteroatoms. The number of para-hydroxylation sites is 1. The van der Waals surface area contributed by atoms with Crippen LogP contribution in [0, 0.1) is 0 Å². The van der Waals surface area contributed by atoms with Gasteiger partial charge in [0.15, 0.2) is 0 Å². The molecule has 10 nitrogen and oxygen atoms in total. The van der Waals surface area contributed by atoms with E-state index in [9.17, 15) is 19.2 Å². The van der Waals surface area contributed by atoms with E-state index in [-0.39, 0.29) is 31.3 Å². The van der Waals surface area contributed by atoms with Crippen LogP contribution in [-0.4, -0.2) is 68.5 Å². The van der Waals surface area contributed by atoms with Crippen LogP contribution in [-0.2, 0) is 27.3 Å². The molecule has 2 aromatic carbocycles. The Morgan fingerprint density at radius 1 is 1.02 bits per heavy atom. The van der Waals surface area contributed by atoms with E-state index in [1.807, 2.05) is 60.8 Å². The third kappa shape index (κ3) is 6.27. The molecule has 0 bridgehead atoms. The molecule has 0 saturated carbocycles. The van der Waals surface area contributed by atoms with Gasteiger partial charge in [-0.25, -0.2) is 9.59 Å². The van der Waals surface area contributed by atoms with E-state index >= 15 is 0 Å². The highest BCUT2D eigenvalue weighted by molar-refractivity contribution is 5.98. The molecule has 3 aromatic rings. The Kier molecular flexibility index (Phi) is 7.99. The highest BCUT2D eigenvalue weighted by Crippen LogP contribution is 2.29. The second-order valence-corrected chi connectivity index (χ2v) is 12.4. The molecular weight excluding hydrogens is 534 g/mol. The van der Waals surface area contributed by atoms with E-state index in [2.05, 4.69) is 15.6 Å². The van der Waals surface area contributed by atoms with E-state index in [0.717, 1.165) is 22.0 Å². The topological polar surface area (TPSA) is 124 Å². The van der Waals surface area contributed by atoms with Crippen LogP contribution in [0.1, 0.15) is 58.1 Å². The zero-order valence-electron chi connectivity index (χ0n) is 24.6. The minimum atomic E-state index is -1.38. The number of nitrogens with zero attached hydrogens (tertiary/aromatic N) is 2. The van der Waals surface area contributed by atoms with Gasteiger partial charge in [0.25, 0.3) is 0 Å². The molecule has 1 aromatic heterocycles. The van der Waals surface area contributed by atoms with Crippen molar-refractivity contribution in [1.82, 2.24) is 25.4 Å². The fourth-order valence-electron chi connectivity index (χ4n) is 5.88. The zero-order chi connectivity index (χ0) is 30.1. The first-order chi connectivity index (χ1) is 19.9. The summed E-state index contributed by atoms with van der Waals surface area (Å²) in [6.45, 7) is 7.68. The summed E-state index contributed by atoms with van der Waals surface area (Å²) in [6.07, 6.45) is 2.74. The number of rotatable bonds is 7. The minimum absolute atomic E-state index is 0.113. The van der Waals surface area contributed by atoms with Gasteiger partial charge in [-0.1, -0.05) is 48.5 Å². The van der Waals surface area contributed by atoms with Gasteiger partial charge < -0.3 is 25.3 Å². The largest absolute Gasteiger partial charge is 0.444 e. The maximum Gasteiger partial charge on any atom is 0.408 e. The number of hydrogen-bond donors (Lipinski definition) is 3. The average Bonchev–Trinajstić information content (AvgIpc) is 3.33. The molecule has 5 amide bonds. The normalized spacial score (nSPS) is 20.6. The lowest BCUT2D eigenvalue weighted by molar-refractivity contribution is -0.136. The van der Waals surface area contributed by atoms with Gasteiger partial charge in [0.1, 0.15) is 11.1 Å². The molecule has 2 fully saturated rings. The monoisotopic (exact) mass is 573 g/mol. The number of carbonyl (C=O) groups excluding carboxylic acids is 4. The standard InChI is InChI=1S/C32H39N5O5/c1-31(2,3)42-29(40)35-32(4,18-22-19-33-24-14-9-8-13-23(22)24)28(39)34-25-15-10-16-36-26(25)17-27(38)37(30(36)41)20-21-11-6-5-7-12-21/h5-9,11-14,19,25-26,33H,10,15-18,20H2,1-4H3,(H,34,39)(H,35,40)/t25-,26+,32+/m1/s1. The molecule has 42 heavy (non-hydrogen) atoms. The van der Waals surface area contributed by atoms with Gasteiger partial charge >= 0.3 is 12.1 Å². The Labute approximate surface area is 245 Å². The maximum atomic E-state index is 14.0. The highest BCUT2D eigenvalue weighted by Gasteiger charge is 2.46. The molecule has 3 N–H and O–H groups in total. The van der Waals surface area contributed by atoms with Crippen molar-refractivity contribution < 1.29 is 23.9 Å². The van der Waals surface area contributed by atoms with Crippen LogP contribution >= 0.6 is 0 Å². The van der Waals surface area contributed by atoms with Crippen LogP contribution in [0.3, 0.4) is 0 Å². The summed E-state index contributed by atoms with van der Waals surface area (Å²) >= 11 is 0. The van der Waals surface area contributed by atoms with Crippen molar-refractivity contribution in [2.45, 2.75) is 83.1 Å². The van der Waals surface area contributed by atoms with Crippen LogP contribution in [0.2, 0.25) is 0 Å².